The number of hydrogen-bond donors (Lipinski definition) is 0. The standard InChI is InChI=1S/C13H11BrO2/c1-16-13(15)12-4-2-3-10-7-9(8-14)5-6-11(10)12/h2-7H,8H2,1H3. The maximum absolute atomic E-state index is 11.6. The minimum Gasteiger partial charge on any atom is -0.465 e. The zero-order chi connectivity index (χ0) is 11.5. The van der Waals surface area contributed by atoms with Gasteiger partial charge < -0.3 is 4.74 Å². The van der Waals surface area contributed by atoms with Gasteiger partial charge in [-0.1, -0.05) is 46.3 Å². The van der Waals surface area contributed by atoms with Crippen LogP contribution in [0.15, 0.2) is 36.4 Å². The molecule has 0 fully saturated rings. The molecule has 0 atom stereocenters. The van der Waals surface area contributed by atoms with Gasteiger partial charge in [-0.05, 0) is 22.4 Å². The average Bonchev–Trinajstić information content (AvgIpc) is 2.36. The molecule has 0 unspecified atom stereocenters. The first-order chi connectivity index (χ1) is 7.76. The van der Waals surface area contributed by atoms with Crippen LogP contribution in [0.5, 0.6) is 0 Å². The van der Waals surface area contributed by atoms with Crippen LogP contribution in [-0.2, 0) is 10.1 Å². The maximum atomic E-state index is 11.6. The number of benzene rings is 2. The fourth-order valence-corrected chi connectivity index (χ4v) is 2.05. The highest BCUT2D eigenvalue weighted by Crippen LogP contribution is 2.22. The van der Waals surface area contributed by atoms with E-state index in [9.17, 15) is 4.79 Å². The molecule has 0 aliphatic carbocycles. The quantitative estimate of drug-likeness (QED) is 0.621. The molecule has 0 radical (unpaired) electrons. The Bertz CT molecular complexity index is 534. The zero-order valence-corrected chi connectivity index (χ0v) is 10.5. The summed E-state index contributed by atoms with van der Waals surface area (Å²) in [6.07, 6.45) is 0. The topological polar surface area (TPSA) is 26.3 Å². The Morgan fingerprint density at radius 3 is 2.81 bits per heavy atom. The van der Waals surface area contributed by atoms with Gasteiger partial charge in [-0.2, -0.15) is 0 Å². The van der Waals surface area contributed by atoms with Crippen molar-refractivity contribution in [3.63, 3.8) is 0 Å². The molecule has 0 saturated heterocycles. The zero-order valence-electron chi connectivity index (χ0n) is 8.87. The summed E-state index contributed by atoms with van der Waals surface area (Å²) in [6.45, 7) is 0. The van der Waals surface area contributed by atoms with Crippen molar-refractivity contribution >= 4 is 32.7 Å². The van der Waals surface area contributed by atoms with Crippen molar-refractivity contribution in [3.8, 4) is 0 Å². The largest absolute Gasteiger partial charge is 0.465 e. The highest BCUT2D eigenvalue weighted by molar-refractivity contribution is 9.08. The highest BCUT2D eigenvalue weighted by atomic mass is 79.9. The number of ether oxygens (including phenoxy) is 1. The SMILES string of the molecule is COC(=O)c1cccc2cc(CBr)ccc12. The van der Waals surface area contributed by atoms with Crippen LogP contribution in [0.1, 0.15) is 15.9 Å². The molecule has 0 bridgehead atoms. The predicted molar refractivity (Wildman–Crippen MR) is 67.9 cm³/mol. The van der Waals surface area contributed by atoms with Gasteiger partial charge in [-0.15, -0.1) is 0 Å². The summed E-state index contributed by atoms with van der Waals surface area (Å²) < 4.78 is 4.75. The van der Waals surface area contributed by atoms with Crippen LogP contribution in [0.4, 0.5) is 0 Å². The number of fused-ring (bicyclic) bond motifs is 1. The summed E-state index contributed by atoms with van der Waals surface area (Å²) in [5.41, 5.74) is 1.80. The lowest BCUT2D eigenvalue weighted by Gasteiger charge is -2.05. The monoisotopic (exact) mass is 278 g/mol. The van der Waals surface area contributed by atoms with E-state index in [4.69, 9.17) is 4.74 Å². The van der Waals surface area contributed by atoms with Crippen LogP contribution >= 0.6 is 15.9 Å². The van der Waals surface area contributed by atoms with Crippen LogP contribution in [0.2, 0.25) is 0 Å². The van der Waals surface area contributed by atoms with Crippen LogP contribution in [0, 0.1) is 0 Å². The Hall–Kier alpha value is -1.35. The molecule has 16 heavy (non-hydrogen) atoms. The molecule has 2 nitrogen and oxygen atoms in total. The summed E-state index contributed by atoms with van der Waals surface area (Å²) >= 11 is 3.41. The van der Waals surface area contributed by atoms with Crippen molar-refractivity contribution in [2.45, 2.75) is 5.33 Å². The third-order valence-electron chi connectivity index (χ3n) is 2.50. The molecule has 2 rings (SSSR count). The second-order valence-corrected chi connectivity index (χ2v) is 4.05. The van der Waals surface area contributed by atoms with Gasteiger partial charge in [0.2, 0.25) is 0 Å². The summed E-state index contributed by atoms with van der Waals surface area (Å²) in [5, 5.41) is 2.80. The minimum atomic E-state index is -0.294. The minimum absolute atomic E-state index is 0.294. The lowest BCUT2D eigenvalue weighted by molar-refractivity contribution is 0.0603. The number of methoxy groups -OCH3 is 1. The van der Waals surface area contributed by atoms with Gasteiger partial charge in [0.15, 0.2) is 0 Å². The fraction of sp³-hybridized carbons (Fsp3) is 0.154. The first-order valence-corrected chi connectivity index (χ1v) is 6.04. The Morgan fingerprint density at radius 2 is 2.12 bits per heavy atom. The van der Waals surface area contributed by atoms with E-state index in [1.54, 1.807) is 6.07 Å². The summed E-state index contributed by atoms with van der Waals surface area (Å²) in [7, 11) is 1.40. The molecule has 2 aromatic rings. The Morgan fingerprint density at radius 1 is 1.31 bits per heavy atom. The number of rotatable bonds is 2. The molecule has 3 heteroatoms. The smallest absolute Gasteiger partial charge is 0.338 e. The van der Waals surface area contributed by atoms with E-state index >= 15 is 0 Å². The molecule has 0 aliphatic rings. The third kappa shape index (κ3) is 1.95. The van der Waals surface area contributed by atoms with Crippen LogP contribution in [0.3, 0.4) is 0 Å². The molecule has 0 saturated carbocycles. The maximum Gasteiger partial charge on any atom is 0.338 e. The molecular weight excluding hydrogens is 268 g/mol. The second kappa shape index (κ2) is 4.66. The van der Waals surface area contributed by atoms with Gasteiger partial charge in [0.05, 0.1) is 12.7 Å². The lowest BCUT2D eigenvalue weighted by atomic mass is 10.0. The van der Waals surface area contributed by atoms with Crippen molar-refractivity contribution in [2.75, 3.05) is 7.11 Å². The van der Waals surface area contributed by atoms with Crippen molar-refractivity contribution < 1.29 is 9.53 Å². The van der Waals surface area contributed by atoms with Gasteiger partial charge in [-0.25, -0.2) is 4.79 Å². The van der Waals surface area contributed by atoms with E-state index in [1.165, 1.54) is 12.7 Å². The molecule has 0 N–H and O–H groups in total. The number of carbonyl (C=O) groups excluding carboxylic acids is 1. The number of carbonyl (C=O) groups is 1. The molecular formula is C13H11BrO2. The van der Waals surface area contributed by atoms with Gasteiger partial charge in [0.1, 0.15) is 0 Å². The van der Waals surface area contributed by atoms with E-state index in [0.29, 0.717) is 5.56 Å². The van der Waals surface area contributed by atoms with E-state index in [0.717, 1.165) is 16.1 Å². The second-order valence-electron chi connectivity index (χ2n) is 3.49. The van der Waals surface area contributed by atoms with Crippen molar-refractivity contribution in [2.24, 2.45) is 0 Å². The van der Waals surface area contributed by atoms with E-state index < -0.39 is 0 Å². The third-order valence-corrected chi connectivity index (χ3v) is 3.15. The molecule has 0 heterocycles. The molecule has 0 aliphatic heterocycles. The van der Waals surface area contributed by atoms with Crippen LogP contribution in [-0.4, -0.2) is 13.1 Å². The lowest BCUT2D eigenvalue weighted by Crippen LogP contribution is -2.01. The first kappa shape index (κ1) is 11.1. The molecule has 0 aromatic heterocycles. The van der Waals surface area contributed by atoms with Crippen LogP contribution < -0.4 is 0 Å². The Kier molecular flexibility index (Phi) is 3.25. The van der Waals surface area contributed by atoms with Crippen molar-refractivity contribution in [3.05, 3.63) is 47.5 Å². The van der Waals surface area contributed by atoms with Gasteiger partial charge in [0, 0.05) is 5.33 Å². The summed E-state index contributed by atoms with van der Waals surface area (Å²) in [6, 6.07) is 11.7. The van der Waals surface area contributed by atoms with Crippen molar-refractivity contribution in [1.29, 1.82) is 0 Å². The fourth-order valence-electron chi connectivity index (χ4n) is 1.70. The predicted octanol–water partition coefficient (Wildman–Crippen LogP) is 3.52. The number of halogens is 1. The van der Waals surface area contributed by atoms with Gasteiger partial charge in [0.25, 0.3) is 0 Å². The summed E-state index contributed by atoms with van der Waals surface area (Å²) in [4.78, 5) is 11.6. The van der Waals surface area contributed by atoms with E-state index in [1.807, 2.05) is 24.3 Å². The van der Waals surface area contributed by atoms with E-state index in [2.05, 4.69) is 22.0 Å². The molecule has 0 spiro atoms. The number of alkyl halides is 1. The van der Waals surface area contributed by atoms with E-state index in [-0.39, 0.29) is 5.97 Å². The molecule has 0 amide bonds. The van der Waals surface area contributed by atoms with Gasteiger partial charge >= 0.3 is 5.97 Å². The van der Waals surface area contributed by atoms with Gasteiger partial charge in [-0.3, -0.25) is 0 Å². The normalized spacial score (nSPS) is 10.4. The Balaban J connectivity index is 2.65. The number of hydrogen-bond acceptors (Lipinski definition) is 2. The molecule has 82 valence electrons. The first-order valence-electron chi connectivity index (χ1n) is 4.92. The van der Waals surface area contributed by atoms with Crippen LogP contribution in [0.25, 0.3) is 10.8 Å². The Labute approximate surface area is 102 Å². The average molecular weight is 279 g/mol. The molecule has 2 aromatic carbocycles. The van der Waals surface area contributed by atoms with Crippen molar-refractivity contribution in [1.82, 2.24) is 0 Å². The highest BCUT2D eigenvalue weighted by Gasteiger charge is 2.09. The summed E-state index contributed by atoms with van der Waals surface area (Å²) in [5.74, 6) is -0.294. The number of esters is 1.